The number of hydrogen-bond donors (Lipinski definition) is 2. The van der Waals surface area contributed by atoms with Crippen LogP contribution in [-0.2, 0) is 9.53 Å². The molecule has 102 valence electrons. The lowest BCUT2D eigenvalue weighted by Gasteiger charge is -2.21. The van der Waals surface area contributed by atoms with Crippen LogP contribution in [-0.4, -0.2) is 35.3 Å². The summed E-state index contributed by atoms with van der Waals surface area (Å²) in [6, 6.07) is 5.17. The Morgan fingerprint density at radius 1 is 1.53 bits per heavy atom. The summed E-state index contributed by atoms with van der Waals surface area (Å²) < 4.78 is 5.09. The second-order valence-corrected chi connectivity index (χ2v) is 4.35. The van der Waals surface area contributed by atoms with E-state index >= 15 is 0 Å². The molecule has 0 saturated carbocycles. The highest BCUT2D eigenvalue weighted by Crippen LogP contribution is 2.12. The second-order valence-electron chi connectivity index (χ2n) is 4.35. The largest absolute Gasteiger partial charge is 0.395 e. The molecule has 1 aromatic heterocycles. The van der Waals surface area contributed by atoms with E-state index in [-0.39, 0.29) is 12.5 Å². The van der Waals surface area contributed by atoms with Crippen molar-refractivity contribution in [2.24, 2.45) is 0 Å². The van der Waals surface area contributed by atoms with Gasteiger partial charge in [0.15, 0.2) is 0 Å². The number of anilines is 1. The Morgan fingerprint density at radius 2 is 2.26 bits per heavy atom. The third-order valence-electron chi connectivity index (χ3n) is 2.50. The normalized spacial score (nSPS) is 10.5. The number of aliphatic hydroxyl groups excluding tert-OH is 1. The van der Waals surface area contributed by atoms with Crippen molar-refractivity contribution in [1.29, 1.82) is 0 Å². The van der Waals surface area contributed by atoms with Crippen molar-refractivity contribution in [2.75, 3.05) is 19.0 Å². The number of aromatic nitrogens is 1. The molecule has 0 aromatic carbocycles. The monoisotopic (exact) mass is 262 g/mol. The first-order valence-corrected chi connectivity index (χ1v) is 5.93. The van der Waals surface area contributed by atoms with Gasteiger partial charge in [0.2, 0.25) is 0 Å². The molecule has 0 saturated heterocycles. The highest BCUT2D eigenvalue weighted by atomic mass is 16.5. The minimum atomic E-state index is -0.916. The maximum atomic E-state index is 11.9. The lowest BCUT2D eigenvalue weighted by molar-refractivity contribution is -0.133. The summed E-state index contributed by atoms with van der Waals surface area (Å²) in [5.74, 6) is 5.73. The van der Waals surface area contributed by atoms with Crippen molar-refractivity contribution in [3.63, 3.8) is 0 Å². The Kier molecular flexibility index (Phi) is 5.49. The molecule has 1 aromatic rings. The molecule has 1 heterocycles. The van der Waals surface area contributed by atoms with E-state index < -0.39 is 5.60 Å². The Labute approximate surface area is 113 Å². The zero-order chi connectivity index (χ0) is 14.3. The number of amides is 1. The molecule has 0 aliphatic carbocycles. The van der Waals surface area contributed by atoms with Gasteiger partial charge in [0.25, 0.3) is 5.91 Å². The van der Waals surface area contributed by atoms with Crippen molar-refractivity contribution < 1.29 is 14.6 Å². The topological polar surface area (TPSA) is 71.5 Å². The number of carbonyl (C=O) groups excluding carboxylic acids is 1. The van der Waals surface area contributed by atoms with E-state index in [1.54, 1.807) is 32.0 Å². The predicted octanol–water partition coefficient (Wildman–Crippen LogP) is 1.18. The third kappa shape index (κ3) is 4.70. The molecule has 1 amide bonds. The van der Waals surface area contributed by atoms with E-state index in [9.17, 15) is 4.79 Å². The Bertz CT molecular complexity index is 501. The van der Waals surface area contributed by atoms with Gasteiger partial charge in [-0.15, -0.1) is 0 Å². The average Bonchev–Trinajstić information content (AvgIpc) is 2.39. The average molecular weight is 262 g/mol. The summed E-state index contributed by atoms with van der Waals surface area (Å²) >= 11 is 0. The molecule has 19 heavy (non-hydrogen) atoms. The van der Waals surface area contributed by atoms with Gasteiger partial charge in [-0.2, -0.15) is 0 Å². The van der Waals surface area contributed by atoms with Crippen LogP contribution in [0.4, 0.5) is 5.82 Å². The van der Waals surface area contributed by atoms with Crippen molar-refractivity contribution in [3.05, 3.63) is 23.9 Å². The summed E-state index contributed by atoms with van der Waals surface area (Å²) in [6.45, 7) is 3.37. The number of rotatable bonds is 4. The van der Waals surface area contributed by atoms with Gasteiger partial charge in [-0.25, -0.2) is 4.98 Å². The minimum absolute atomic E-state index is 0.0193. The standard InChI is InChI=1S/C14H18N2O3/c1-14(2,19-3)13(18)16-12-9-6-8-11(15-12)7-4-5-10-17/h6,8-9,17H,5,10H2,1-3H3,(H,15,16,18). The Hall–Kier alpha value is -1.90. The second kappa shape index (κ2) is 6.88. The van der Waals surface area contributed by atoms with Crippen LogP contribution in [0.3, 0.4) is 0 Å². The molecule has 5 heteroatoms. The van der Waals surface area contributed by atoms with Gasteiger partial charge in [0, 0.05) is 13.5 Å². The number of hydrogen-bond acceptors (Lipinski definition) is 4. The van der Waals surface area contributed by atoms with Crippen LogP contribution >= 0.6 is 0 Å². The van der Waals surface area contributed by atoms with Gasteiger partial charge < -0.3 is 15.2 Å². The number of nitrogens with zero attached hydrogens (tertiary/aromatic N) is 1. The van der Waals surface area contributed by atoms with Crippen molar-refractivity contribution in [1.82, 2.24) is 4.98 Å². The van der Waals surface area contributed by atoms with Gasteiger partial charge in [0.05, 0.1) is 6.61 Å². The summed E-state index contributed by atoms with van der Waals surface area (Å²) in [5.41, 5.74) is -0.373. The molecule has 0 fully saturated rings. The van der Waals surface area contributed by atoms with Crippen LogP contribution in [0.15, 0.2) is 18.2 Å². The predicted molar refractivity (Wildman–Crippen MR) is 72.5 cm³/mol. The SMILES string of the molecule is COC(C)(C)C(=O)Nc1cccc(C#CCCO)n1. The maximum Gasteiger partial charge on any atom is 0.257 e. The van der Waals surface area contributed by atoms with Crippen molar-refractivity contribution >= 4 is 11.7 Å². The molecule has 2 N–H and O–H groups in total. The van der Waals surface area contributed by atoms with E-state index in [2.05, 4.69) is 22.1 Å². The highest BCUT2D eigenvalue weighted by molar-refractivity contribution is 5.96. The van der Waals surface area contributed by atoms with Crippen LogP contribution in [0.1, 0.15) is 26.0 Å². The summed E-state index contributed by atoms with van der Waals surface area (Å²) in [7, 11) is 1.48. The van der Waals surface area contributed by atoms with Gasteiger partial charge in [0.1, 0.15) is 17.1 Å². The quantitative estimate of drug-likeness (QED) is 0.799. The molecular formula is C14H18N2O3. The molecule has 5 nitrogen and oxygen atoms in total. The zero-order valence-electron chi connectivity index (χ0n) is 11.4. The van der Waals surface area contributed by atoms with Gasteiger partial charge >= 0.3 is 0 Å². The van der Waals surface area contributed by atoms with Gasteiger partial charge in [-0.05, 0) is 31.9 Å². The zero-order valence-corrected chi connectivity index (χ0v) is 11.4. The van der Waals surface area contributed by atoms with Gasteiger partial charge in [-0.1, -0.05) is 12.0 Å². The van der Waals surface area contributed by atoms with Crippen LogP contribution in [0, 0.1) is 11.8 Å². The fourth-order valence-corrected chi connectivity index (χ4v) is 1.14. The van der Waals surface area contributed by atoms with Crippen molar-refractivity contribution in [3.8, 4) is 11.8 Å². The molecule has 1 rings (SSSR count). The number of pyridine rings is 1. The van der Waals surface area contributed by atoms with E-state index in [4.69, 9.17) is 9.84 Å². The smallest absolute Gasteiger partial charge is 0.257 e. The van der Waals surface area contributed by atoms with E-state index in [1.165, 1.54) is 7.11 Å². The summed E-state index contributed by atoms with van der Waals surface area (Å²) in [5, 5.41) is 11.3. The number of ether oxygens (including phenoxy) is 1. The van der Waals surface area contributed by atoms with Crippen molar-refractivity contribution in [2.45, 2.75) is 25.9 Å². The molecule has 0 radical (unpaired) electrons. The van der Waals surface area contributed by atoms with Crippen LogP contribution in [0.5, 0.6) is 0 Å². The molecule has 0 spiro atoms. The Balaban J connectivity index is 2.78. The fraction of sp³-hybridized carbons (Fsp3) is 0.429. The number of aliphatic hydroxyl groups is 1. The first-order valence-electron chi connectivity index (χ1n) is 5.93. The molecule has 0 atom stereocenters. The number of carbonyl (C=O) groups is 1. The first-order chi connectivity index (χ1) is 8.99. The van der Waals surface area contributed by atoms with E-state index in [0.29, 0.717) is 17.9 Å². The molecular weight excluding hydrogens is 244 g/mol. The van der Waals surface area contributed by atoms with Gasteiger partial charge in [-0.3, -0.25) is 4.79 Å². The van der Waals surface area contributed by atoms with E-state index in [1.807, 2.05) is 0 Å². The first kappa shape index (κ1) is 15.2. The molecule has 0 aliphatic rings. The molecule has 0 bridgehead atoms. The summed E-state index contributed by atoms with van der Waals surface area (Å²) in [6.07, 6.45) is 0.398. The number of nitrogens with one attached hydrogen (secondary N) is 1. The molecule has 0 aliphatic heterocycles. The lowest BCUT2D eigenvalue weighted by Crippen LogP contribution is -2.39. The third-order valence-corrected chi connectivity index (χ3v) is 2.50. The van der Waals surface area contributed by atoms with E-state index in [0.717, 1.165) is 0 Å². The molecule has 0 unspecified atom stereocenters. The lowest BCUT2D eigenvalue weighted by atomic mass is 10.1. The van der Waals surface area contributed by atoms with Crippen LogP contribution in [0.25, 0.3) is 0 Å². The highest BCUT2D eigenvalue weighted by Gasteiger charge is 2.27. The maximum absolute atomic E-state index is 11.9. The van der Waals surface area contributed by atoms with Crippen LogP contribution < -0.4 is 5.32 Å². The van der Waals surface area contributed by atoms with Crippen LogP contribution in [0.2, 0.25) is 0 Å². The summed E-state index contributed by atoms with van der Waals surface area (Å²) in [4.78, 5) is 16.1. The minimum Gasteiger partial charge on any atom is -0.395 e. The number of methoxy groups -OCH3 is 1. The fourth-order valence-electron chi connectivity index (χ4n) is 1.14. The Morgan fingerprint density at radius 3 is 2.89 bits per heavy atom.